The van der Waals surface area contributed by atoms with E-state index in [0.717, 1.165) is 16.0 Å². The minimum Gasteiger partial charge on any atom is -0.462 e. The lowest BCUT2D eigenvalue weighted by Crippen LogP contribution is -2.54. The molecule has 0 spiro atoms. The molecule has 0 bridgehead atoms. The van der Waals surface area contributed by atoms with E-state index in [1.54, 1.807) is 37.3 Å². The zero-order valence-electron chi connectivity index (χ0n) is 18.8. The van der Waals surface area contributed by atoms with E-state index in [1.165, 1.54) is 42.5 Å². The van der Waals surface area contributed by atoms with Gasteiger partial charge < -0.3 is 4.74 Å². The summed E-state index contributed by atoms with van der Waals surface area (Å²) >= 11 is 0. The Bertz CT molecular complexity index is 1350. The molecule has 8 heteroatoms. The molecule has 1 N–H and O–H groups in total. The van der Waals surface area contributed by atoms with Crippen molar-refractivity contribution < 1.29 is 28.3 Å². The first-order valence-corrected chi connectivity index (χ1v) is 10.9. The van der Waals surface area contributed by atoms with Crippen molar-refractivity contribution >= 4 is 35.6 Å². The maximum atomic E-state index is 13.6. The summed E-state index contributed by atoms with van der Waals surface area (Å²) in [7, 11) is 0. The van der Waals surface area contributed by atoms with Gasteiger partial charge in [-0.25, -0.2) is 18.9 Å². The molecule has 1 aliphatic heterocycles. The molecule has 1 heterocycles. The van der Waals surface area contributed by atoms with Crippen LogP contribution in [0.15, 0.2) is 78.4 Å². The molecule has 0 saturated carbocycles. The average Bonchev–Trinajstić information content (AvgIpc) is 2.83. The summed E-state index contributed by atoms with van der Waals surface area (Å²) in [5.41, 5.74) is 2.31. The van der Waals surface area contributed by atoms with Crippen molar-refractivity contribution in [3.63, 3.8) is 0 Å². The van der Waals surface area contributed by atoms with Gasteiger partial charge in [0.15, 0.2) is 0 Å². The van der Waals surface area contributed by atoms with Crippen LogP contribution in [0.2, 0.25) is 0 Å². The molecule has 3 aromatic carbocycles. The third-order valence-corrected chi connectivity index (χ3v) is 5.38. The van der Waals surface area contributed by atoms with Crippen LogP contribution in [0, 0.1) is 5.82 Å². The van der Waals surface area contributed by atoms with E-state index in [9.17, 15) is 23.6 Å². The van der Waals surface area contributed by atoms with Crippen molar-refractivity contribution in [1.82, 2.24) is 5.32 Å². The fourth-order valence-electron chi connectivity index (χ4n) is 3.71. The van der Waals surface area contributed by atoms with Crippen molar-refractivity contribution in [3.05, 3.63) is 106 Å². The number of rotatable bonds is 6. The number of ether oxygens (including phenoxy) is 1. The van der Waals surface area contributed by atoms with Gasteiger partial charge in [0.1, 0.15) is 11.4 Å². The first kappa shape index (κ1) is 23.6. The molecular weight excluding hydrogens is 451 g/mol. The average molecular weight is 472 g/mol. The van der Waals surface area contributed by atoms with Crippen LogP contribution in [0.4, 0.5) is 14.9 Å². The summed E-state index contributed by atoms with van der Waals surface area (Å²) in [6.45, 7) is 1.90. The topological polar surface area (TPSA) is 92.8 Å². The molecule has 1 fully saturated rings. The number of halogens is 1. The summed E-state index contributed by atoms with van der Waals surface area (Å²) in [6.07, 6.45) is 1.80. The number of hydrogen-bond acceptors (Lipinski definition) is 5. The lowest BCUT2D eigenvalue weighted by Gasteiger charge is -2.26. The zero-order valence-corrected chi connectivity index (χ0v) is 18.8. The Morgan fingerprint density at radius 1 is 1.00 bits per heavy atom. The zero-order chi connectivity index (χ0) is 24.9. The molecule has 0 aromatic heterocycles. The Morgan fingerprint density at radius 2 is 1.74 bits per heavy atom. The Hall–Kier alpha value is -4.59. The third-order valence-electron chi connectivity index (χ3n) is 5.38. The second kappa shape index (κ2) is 10.1. The van der Waals surface area contributed by atoms with E-state index in [1.807, 2.05) is 6.07 Å². The molecule has 4 rings (SSSR count). The van der Waals surface area contributed by atoms with E-state index in [-0.39, 0.29) is 29.2 Å². The van der Waals surface area contributed by atoms with Gasteiger partial charge in [0, 0.05) is 0 Å². The van der Waals surface area contributed by atoms with Crippen LogP contribution in [0.25, 0.3) is 6.08 Å². The van der Waals surface area contributed by atoms with E-state index >= 15 is 0 Å². The number of nitrogens with one attached hydrogen (secondary N) is 1. The van der Waals surface area contributed by atoms with Gasteiger partial charge in [-0.15, -0.1) is 0 Å². The Kier molecular flexibility index (Phi) is 6.82. The van der Waals surface area contributed by atoms with Crippen LogP contribution in [0.3, 0.4) is 0 Å². The highest BCUT2D eigenvalue weighted by molar-refractivity contribution is 6.39. The first-order valence-electron chi connectivity index (χ1n) is 10.9. The quantitative estimate of drug-likeness (QED) is 0.329. The van der Waals surface area contributed by atoms with Crippen LogP contribution in [0.1, 0.15) is 34.0 Å². The van der Waals surface area contributed by atoms with Crippen LogP contribution < -0.4 is 10.2 Å². The molecule has 4 amide bonds. The van der Waals surface area contributed by atoms with Gasteiger partial charge in [-0.2, -0.15) is 0 Å². The number of carbonyl (C=O) groups excluding carboxylic acids is 4. The molecule has 1 aliphatic rings. The minimum atomic E-state index is -0.894. The number of hydrogen-bond donors (Lipinski definition) is 1. The molecule has 0 unspecified atom stereocenters. The van der Waals surface area contributed by atoms with Gasteiger partial charge in [-0.05, 0) is 72.5 Å². The molecular formula is C27H21FN2O5. The standard InChI is InChI=1S/C27H21FN2O5/c1-2-35-26(33)18-10-12-22(13-11-18)30-25(32)23(24(31)29-27(30)34)16-20-8-4-3-7-19(20)14-17-6-5-9-21(28)15-17/h3-13,15-16H,2,14H2,1H3,(H,29,31,34)/b23-16+. The minimum absolute atomic E-state index is 0.187. The number of barbiturate groups is 1. The number of anilines is 1. The summed E-state index contributed by atoms with van der Waals surface area (Å²) in [6, 6.07) is 18.1. The number of nitrogens with zero attached hydrogens (tertiary/aromatic N) is 1. The van der Waals surface area contributed by atoms with Crippen molar-refractivity contribution in [2.45, 2.75) is 13.3 Å². The van der Waals surface area contributed by atoms with E-state index in [2.05, 4.69) is 5.32 Å². The molecule has 7 nitrogen and oxygen atoms in total. The van der Waals surface area contributed by atoms with Gasteiger partial charge in [0.25, 0.3) is 11.8 Å². The predicted molar refractivity (Wildman–Crippen MR) is 127 cm³/mol. The number of imide groups is 2. The molecule has 0 radical (unpaired) electrons. The maximum Gasteiger partial charge on any atom is 0.338 e. The Balaban J connectivity index is 1.65. The van der Waals surface area contributed by atoms with Gasteiger partial charge in [0.05, 0.1) is 17.9 Å². The summed E-state index contributed by atoms with van der Waals surface area (Å²) in [5, 5.41) is 2.18. The number of esters is 1. The van der Waals surface area contributed by atoms with Crippen LogP contribution in [-0.2, 0) is 20.7 Å². The van der Waals surface area contributed by atoms with E-state index < -0.39 is 23.8 Å². The maximum absolute atomic E-state index is 13.6. The molecule has 35 heavy (non-hydrogen) atoms. The largest absolute Gasteiger partial charge is 0.462 e. The number of benzene rings is 3. The van der Waals surface area contributed by atoms with Gasteiger partial charge in [-0.3, -0.25) is 14.9 Å². The second-order valence-electron chi connectivity index (χ2n) is 7.73. The summed E-state index contributed by atoms with van der Waals surface area (Å²) in [4.78, 5) is 51.0. The lowest BCUT2D eigenvalue weighted by atomic mass is 9.97. The summed E-state index contributed by atoms with van der Waals surface area (Å²) < 4.78 is 18.6. The molecule has 0 atom stereocenters. The molecule has 176 valence electrons. The molecule has 0 aliphatic carbocycles. The fourth-order valence-corrected chi connectivity index (χ4v) is 3.71. The predicted octanol–water partition coefficient (Wildman–Crippen LogP) is 4.26. The van der Waals surface area contributed by atoms with E-state index in [0.29, 0.717) is 12.0 Å². The van der Waals surface area contributed by atoms with Gasteiger partial charge in [0.2, 0.25) is 0 Å². The monoisotopic (exact) mass is 472 g/mol. The molecule has 1 saturated heterocycles. The van der Waals surface area contributed by atoms with Crippen LogP contribution >= 0.6 is 0 Å². The SMILES string of the molecule is CCOC(=O)c1ccc(N2C(=O)NC(=O)/C(=C\c3ccccc3Cc3cccc(F)c3)C2=O)cc1. The second-order valence-corrected chi connectivity index (χ2v) is 7.73. The first-order chi connectivity index (χ1) is 16.9. The normalized spacial score (nSPS) is 14.7. The Morgan fingerprint density at radius 3 is 2.46 bits per heavy atom. The van der Waals surface area contributed by atoms with Crippen molar-refractivity contribution in [1.29, 1.82) is 0 Å². The number of carbonyl (C=O) groups is 4. The Labute approximate surface area is 200 Å². The number of amides is 4. The highest BCUT2D eigenvalue weighted by Crippen LogP contribution is 2.24. The van der Waals surface area contributed by atoms with Gasteiger partial charge in [-0.1, -0.05) is 36.4 Å². The summed E-state index contributed by atoms with van der Waals surface area (Å²) in [5.74, 6) is -2.51. The lowest BCUT2D eigenvalue weighted by molar-refractivity contribution is -0.122. The van der Waals surface area contributed by atoms with E-state index in [4.69, 9.17) is 4.74 Å². The smallest absolute Gasteiger partial charge is 0.338 e. The highest BCUT2D eigenvalue weighted by Gasteiger charge is 2.37. The third kappa shape index (κ3) is 5.16. The highest BCUT2D eigenvalue weighted by atomic mass is 19.1. The van der Waals surface area contributed by atoms with Crippen LogP contribution in [-0.4, -0.2) is 30.4 Å². The van der Waals surface area contributed by atoms with Gasteiger partial charge >= 0.3 is 12.0 Å². The number of urea groups is 1. The molecule has 3 aromatic rings. The van der Waals surface area contributed by atoms with Crippen molar-refractivity contribution in [3.8, 4) is 0 Å². The fraction of sp³-hybridized carbons (Fsp3) is 0.111. The van der Waals surface area contributed by atoms with Crippen molar-refractivity contribution in [2.75, 3.05) is 11.5 Å². The van der Waals surface area contributed by atoms with Crippen LogP contribution in [0.5, 0.6) is 0 Å². The van der Waals surface area contributed by atoms with Crippen molar-refractivity contribution in [2.24, 2.45) is 0 Å².